The first-order valence-corrected chi connectivity index (χ1v) is 6.93. The van der Waals surface area contributed by atoms with Gasteiger partial charge in [-0.1, -0.05) is 30.3 Å². The maximum atomic E-state index is 12.7. The first-order valence-electron chi connectivity index (χ1n) is 6.15. The van der Waals surface area contributed by atoms with Crippen molar-refractivity contribution in [2.24, 2.45) is 0 Å². The van der Waals surface area contributed by atoms with Gasteiger partial charge in [-0.3, -0.25) is 0 Å². The summed E-state index contributed by atoms with van der Waals surface area (Å²) in [4.78, 5) is 1.05. The summed E-state index contributed by atoms with van der Waals surface area (Å²) in [6.45, 7) is -1.68. The Hall–Kier alpha value is -1.80. The molecule has 0 aliphatic rings. The Labute approximate surface area is 123 Å². The summed E-state index contributed by atoms with van der Waals surface area (Å²) in [6.07, 6.45) is -4.37. The van der Waals surface area contributed by atoms with Gasteiger partial charge < -0.3 is 15.7 Å². The van der Waals surface area contributed by atoms with Gasteiger partial charge in [-0.2, -0.15) is 17.5 Å². The van der Waals surface area contributed by atoms with Crippen molar-refractivity contribution in [1.82, 2.24) is 4.37 Å². The van der Waals surface area contributed by atoms with Crippen LogP contribution in [0.25, 0.3) is 11.1 Å². The number of aliphatic hydroxyl groups is 1. The lowest BCUT2D eigenvalue weighted by atomic mass is 10.1. The molecule has 1 aromatic carbocycles. The van der Waals surface area contributed by atoms with Gasteiger partial charge in [0.25, 0.3) is 0 Å². The second kappa shape index (κ2) is 6.31. The topological polar surface area (TPSA) is 62.4 Å². The van der Waals surface area contributed by atoms with E-state index in [1.54, 1.807) is 30.3 Å². The predicted molar refractivity (Wildman–Crippen MR) is 77.3 cm³/mol. The molecule has 0 aliphatic heterocycles. The van der Waals surface area contributed by atoms with E-state index in [2.05, 4.69) is 4.37 Å². The molecular weight excluding hydrogens is 303 g/mol. The lowest BCUT2D eigenvalue weighted by Crippen LogP contribution is -2.36. The third-order valence-corrected chi connectivity index (χ3v) is 3.71. The van der Waals surface area contributed by atoms with E-state index in [1.165, 1.54) is 0 Å². The number of aliphatic hydroxyl groups excluding tert-OH is 1. The molecule has 0 radical (unpaired) electrons. The van der Waals surface area contributed by atoms with E-state index in [0.29, 0.717) is 16.1 Å². The number of benzene rings is 1. The Morgan fingerprint density at radius 2 is 1.90 bits per heavy atom. The van der Waals surface area contributed by atoms with E-state index in [0.717, 1.165) is 16.4 Å². The molecule has 0 bridgehead atoms. The zero-order valence-electron chi connectivity index (χ0n) is 11.0. The lowest BCUT2D eigenvalue weighted by molar-refractivity contribution is -0.119. The summed E-state index contributed by atoms with van der Waals surface area (Å²) in [5.74, 6) is 0.186. The van der Waals surface area contributed by atoms with E-state index < -0.39 is 12.7 Å². The Balaban J connectivity index is 2.42. The second-order valence-electron chi connectivity index (χ2n) is 4.37. The van der Waals surface area contributed by atoms with Gasteiger partial charge in [0.15, 0.2) is 0 Å². The fourth-order valence-electron chi connectivity index (χ4n) is 1.97. The Morgan fingerprint density at radius 1 is 1.24 bits per heavy atom. The highest BCUT2D eigenvalue weighted by molar-refractivity contribution is 7.11. The number of alkyl halides is 3. The van der Waals surface area contributed by atoms with Gasteiger partial charge in [0.05, 0.1) is 12.2 Å². The molecule has 2 aromatic rings. The average molecular weight is 317 g/mol. The second-order valence-corrected chi connectivity index (χ2v) is 5.13. The monoisotopic (exact) mass is 317 g/mol. The van der Waals surface area contributed by atoms with Gasteiger partial charge in [-0.15, -0.1) is 0 Å². The molecule has 4 nitrogen and oxygen atoms in total. The van der Waals surface area contributed by atoms with Crippen molar-refractivity contribution < 1.29 is 18.3 Å². The summed E-state index contributed by atoms with van der Waals surface area (Å²) >= 11 is 0.900. The third-order valence-electron chi connectivity index (χ3n) is 2.79. The van der Waals surface area contributed by atoms with Gasteiger partial charge in [0.1, 0.15) is 17.4 Å². The van der Waals surface area contributed by atoms with Gasteiger partial charge >= 0.3 is 6.18 Å². The maximum absolute atomic E-state index is 12.7. The molecular formula is C13H14F3N3OS. The largest absolute Gasteiger partial charge is 0.405 e. The fourth-order valence-corrected chi connectivity index (χ4v) is 2.84. The summed E-state index contributed by atoms with van der Waals surface area (Å²) in [5, 5.41) is 9.32. The summed E-state index contributed by atoms with van der Waals surface area (Å²) in [6, 6.07) is 8.87. The normalized spacial score (nSPS) is 11.6. The van der Waals surface area contributed by atoms with Gasteiger partial charge in [0.2, 0.25) is 0 Å². The lowest BCUT2D eigenvalue weighted by Gasteiger charge is -2.24. The van der Waals surface area contributed by atoms with E-state index in [-0.39, 0.29) is 19.0 Å². The van der Waals surface area contributed by atoms with Crippen LogP contribution in [0.1, 0.15) is 0 Å². The minimum absolute atomic E-state index is 0.138. The van der Waals surface area contributed by atoms with Crippen LogP contribution < -0.4 is 10.6 Å². The first-order chi connectivity index (χ1) is 9.92. The number of halogens is 3. The summed E-state index contributed by atoms with van der Waals surface area (Å²) < 4.78 is 42.0. The highest BCUT2D eigenvalue weighted by Gasteiger charge is 2.33. The number of anilines is 2. The predicted octanol–water partition coefficient (Wildman–Crippen LogP) is 2.75. The van der Waals surface area contributed by atoms with Crippen molar-refractivity contribution in [3.05, 3.63) is 30.3 Å². The molecule has 114 valence electrons. The zero-order chi connectivity index (χ0) is 15.5. The third kappa shape index (κ3) is 3.85. The Bertz CT molecular complexity index is 586. The van der Waals surface area contributed by atoms with E-state index in [4.69, 9.17) is 10.8 Å². The molecule has 0 aliphatic carbocycles. The van der Waals surface area contributed by atoms with E-state index in [9.17, 15) is 13.2 Å². The molecule has 21 heavy (non-hydrogen) atoms. The summed E-state index contributed by atoms with van der Waals surface area (Å²) in [5.41, 5.74) is 6.97. The molecule has 2 rings (SSSR count). The smallest absolute Gasteiger partial charge is 0.395 e. The number of hydrogen-bond donors (Lipinski definition) is 2. The number of aromatic nitrogens is 1. The minimum atomic E-state index is -4.37. The quantitative estimate of drug-likeness (QED) is 0.890. The number of nitrogens with zero attached hydrogens (tertiary/aromatic N) is 2. The van der Waals surface area contributed by atoms with Gasteiger partial charge in [0, 0.05) is 6.54 Å². The molecule has 0 saturated heterocycles. The van der Waals surface area contributed by atoms with Crippen LogP contribution in [0.3, 0.4) is 0 Å². The fraction of sp³-hybridized carbons (Fsp3) is 0.308. The standard InChI is InChI=1S/C13H14F3N3OS/c14-13(15,16)8-19(6-7-20)12-10(11(17)18-21-12)9-4-2-1-3-5-9/h1-5,20H,6-8H2,(H2,17,18). The van der Waals surface area contributed by atoms with Gasteiger partial charge in [-0.05, 0) is 17.1 Å². The molecule has 3 N–H and O–H groups in total. The van der Waals surface area contributed by atoms with Crippen LogP contribution in [0.2, 0.25) is 0 Å². The SMILES string of the molecule is Nc1nsc(N(CCO)CC(F)(F)F)c1-c1ccccc1. The number of hydrogen-bond acceptors (Lipinski definition) is 5. The molecule has 0 spiro atoms. The van der Waals surface area contributed by atoms with Crippen molar-refractivity contribution in [2.75, 3.05) is 30.3 Å². The van der Waals surface area contributed by atoms with Crippen LogP contribution >= 0.6 is 11.5 Å². The molecule has 8 heteroatoms. The highest BCUT2D eigenvalue weighted by Crippen LogP contribution is 2.40. The number of rotatable bonds is 5. The van der Waals surface area contributed by atoms with Crippen molar-refractivity contribution >= 4 is 22.4 Å². The molecule has 1 heterocycles. The molecule has 1 aromatic heterocycles. The zero-order valence-corrected chi connectivity index (χ0v) is 11.8. The highest BCUT2D eigenvalue weighted by atomic mass is 32.1. The Morgan fingerprint density at radius 3 is 2.48 bits per heavy atom. The summed E-state index contributed by atoms with van der Waals surface area (Å²) in [7, 11) is 0. The minimum Gasteiger partial charge on any atom is -0.395 e. The Kier molecular flexibility index (Phi) is 4.69. The van der Waals surface area contributed by atoms with Crippen molar-refractivity contribution in [3.63, 3.8) is 0 Å². The van der Waals surface area contributed by atoms with Crippen LogP contribution in [0, 0.1) is 0 Å². The van der Waals surface area contributed by atoms with Crippen LogP contribution in [0.5, 0.6) is 0 Å². The molecule has 0 unspecified atom stereocenters. The van der Waals surface area contributed by atoms with Gasteiger partial charge in [-0.25, -0.2) is 0 Å². The van der Waals surface area contributed by atoms with E-state index >= 15 is 0 Å². The van der Waals surface area contributed by atoms with Crippen LogP contribution in [-0.4, -0.2) is 35.4 Å². The van der Waals surface area contributed by atoms with Crippen molar-refractivity contribution in [1.29, 1.82) is 0 Å². The van der Waals surface area contributed by atoms with E-state index in [1.807, 2.05) is 0 Å². The average Bonchev–Trinajstić information content (AvgIpc) is 2.80. The molecule has 0 saturated carbocycles. The van der Waals surface area contributed by atoms with Crippen molar-refractivity contribution in [3.8, 4) is 11.1 Å². The molecule has 0 fully saturated rings. The van der Waals surface area contributed by atoms with Crippen LogP contribution in [0.4, 0.5) is 24.0 Å². The number of nitrogen functional groups attached to an aromatic ring is 1. The van der Waals surface area contributed by atoms with Crippen LogP contribution in [-0.2, 0) is 0 Å². The molecule has 0 amide bonds. The number of nitrogens with two attached hydrogens (primary N) is 1. The molecule has 0 atom stereocenters. The van der Waals surface area contributed by atoms with Crippen molar-refractivity contribution in [2.45, 2.75) is 6.18 Å². The van der Waals surface area contributed by atoms with Crippen LogP contribution in [0.15, 0.2) is 30.3 Å². The first kappa shape index (κ1) is 15.6. The maximum Gasteiger partial charge on any atom is 0.405 e.